The zero-order valence-corrected chi connectivity index (χ0v) is 11.9. The van der Waals surface area contributed by atoms with Gasteiger partial charge >= 0.3 is 0 Å². The van der Waals surface area contributed by atoms with Gasteiger partial charge in [-0.2, -0.15) is 0 Å². The highest BCUT2D eigenvalue weighted by molar-refractivity contribution is 6.30. The largest absolute Gasteiger partial charge is 0.342 e. The number of hydrogen-bond donors (Lipinski definition) is 0. The number of ketones is 2. The van der Waals surface area contributed by atoms with Crippen LogP contribution in [-0.4, -0.2) is 35.5 Å². The number of benzene rings is 1. The Morgan fingerprint density at radius 2 is 1.65 bits per heavy atom. The van der Waals surface area contributed by atoms with Crippen molar-refractivity contribution >= 4 is 29.1 Å². The van der Waals surface area contributed by atoms with Gasteiger partial charge in [0.05, 0.1) is 0 Å². The predicted octanol–water partition coefficient (Wildman–Crippen LogP) is 2.49. The van der Waals surface area contributed by atoms with E-state index in [2.05, 4.69) is 0 Å². The molecule has 0 N–H and O–H groups in total. The van der Waals surface area contributed by atoms with E-state index in [-0.39, 0.29) is 30.3 Å². The molecule has 1 aliphatic rings. The van der Waals surface area contributed by atoms with Crippen LogP contribution in [0.3, 0.4) is 0 Å². The fraction of sp³-hybridized carbons (Fsp3) is 0.400. The molecule has 1 saturated heterocycles. The van der Waals surface area contributed by atoms with Gasteiger partial charge in [-0.3, -0.25) is 14.4 Å². The van der Waals surface area contributed by atoms with Gasteiger partial charge in [-0.15, -0.1) is 0 Å². The van der Waals surface area contributed by atoms with Gasteiger partial charge in [-0.1, -0.05) is 11.6 Å². The second-order valence-electron chi connectivity index (χ2n) is 4.85. The summed E-state index contributed by atoms with van der Waals surface area (Å²) in [5.41, 5.74) is 0.566. The van der Waals surface area contributed by atoms with Gasteiger partial charge in [0.2, 0.25) is 5.91 Å². The van der Waals surface area contributed by atoms with Gasteiger partial charge in [0.1, 0.15) is 5.78 Å². The van der Waals surface area contributed by atoms with Crippen molar-refractivity contribution in [3.05, 3.63) is 34.9 Å². The van der Waals surface area contributed by atoms with E-state index in [1.807, 2.05) is 0 Å². The van der Waals surface area contributed by atoms with Crippen LogP contribution in [0.5, 0.6) is 0 Å². The molecule has 0 radical (unpaired) electrons. The van der Waals surface area contributed by atoms with Crippen LogP contribution in [0.2, 0.25) is 5.02 Å². The van der Waals surface area contributed by atoms with Crippen molar-refractivity contribution in [2.45, 2.75) is 25.7 Å². The van der Waals surface area contributed by atoms with Crippen molar-refractivity contribution in [2.24, 2.45) is 0 Å². The van der Waals surface area contributed by atoms with E-state index in [1.54, 1.807) is 29.2 Å². The quantitative estimate of drug-likeness (QED) is 0.802. The minimum absolute atomic E-state index is 0.0557. The minimum atomic E-state index is -0.0666. The Kier molecular flexibility index (Phi) is 4.90. The topological polar surface area (TPSA) is 54.5 Å². The lowest BCUT2D eigenvalue weighted by Gasteiger charge is -2.25. The van der Waals surface area contributed by atoms with Crippen molar-refractivity contribution in [3.8, 4) is 0 Å². The lowest BCUT2D eigenvalue weighted by atomic mass is 10.1. The third-order valence-electron chi connectivity index (χ3n) is 3.41. The van der Waals surface area contributed by atoms with Gasteiger partial charge in [-0.25, -0.2) is 0 Å². The van der Waals surface area contributed by atoms with E-state index in [4.69, 9.17) is 11.6 Å². The number of amides is 1. The summed E-state index contributed by atoms with van der Waals surface area (Å²) in [6.45, 7) is 0.958. The van der Waals surface area contributed by atoms with E-state index in [1.165, 1.54) is 0 Å². The molecular weight excluding hydrogens is 278 g/mol. The zero-order chi connectivity index (χ0) is 14.5. The molecular formula is C15H16ClNO3. The predicted molar refractivity (Wildman–Crippen MR) is 75.8 cm³/mol. The molecule has 2 rings (SSSR count). The Balaban J connectivity index is 1.82. The van der Waals surface area contributed by atoms with Crippen LogP contribution in [0.4, 0.5) is 0 Å². The molecule has 0 saturated carbocycles. The van der Waals surface area contributed by atoms with Crippen molar-refractivity contribution in [2.75, 3.05) is 13.1 Å². The molecule has 0 aliphatic carbocycles. The molecule has 20 heavy (non-hydrogen) atoms. The van der Waals surface area contributed by atoms with Gasteiger partial charge in [0.15, 0.2) is 5.78 Å². The fourth-order valence-corrected chi connectivity index (χ4v) is 2.29. The number of rotatable bonds is 4. The number of likely N-dealkylation sites (tertiary alicyclic amines) is 1. The number of halogens is 1. The molecule has 1 aromatic carbocycles. The highest BCUT2D eigenvalue weighted by Crippen LogP contribution is 2.13. The zero-order valence-electron chi connectivity index (χ0n) is 11.1. The second kappa shape index (κ2) is 6.66. The molecule has 1 aliphatic heterocycles. The minimum Gasteiger partial charge on any atom is -0.342 e. The van der Waals surface area contributed by atoms with Crippen molar-refractivity contribution in [1.29, 1.82) is 0 Å². The molecule has 1 aromatic rings. The third kappa shape index (κ3) is 3.90. The van der Waals surface area contributed by atoms with Gasteiger partial charge < -0.3 is 4.90 Å². The van der Waals surface area contributed by atoms with Crippen molar-refractivity contribution in [1.82, 2.24) is 4.90 Å². The number of nitrogens with zero attached hydrogens (tertiary/aromatic N) is 1. The van der Waals surface area contributed by atoms with E-state index in [9.17, 15) is 14.4 Å². The Morgan fingerprint density at radius 1 is 1.05 bits per heavy atom. The average Bonchev–Trinajstić information content (AvgIpc) is 2.46. The van der Waals surface area contributed by atoms with Crippen LogP contribution in [0.25, 0.3) is 0 Å². The van der Waals surface area contributed by atoms with Crippen molar-refractivity contribution < 1.29 is 14.4 Å². The van der Waals surface area contributed by atoms with Gasteiger partial charge in [-0.05, 0) is 24.3 Å². The molecule has 0 spiro atoms. The monoisotopic (exact) mass is 293 g/mol. The van der Waals surface area contributed by atoms with Crippen LogP contribution < -0.4 is 0 Å². The molecule has 0 bridgehead atoms. The summed E-state index contributed by atoms with van der Waals surface area (Å²) in [5, 5.41) is 0.579. The second-order valence-corrected chi connectivity index (χ2v) is 5.29. The van der Waals surface area contributed by atoms with E-state index in [0.29, 0.717) is 36.5 Å². The lowest BCUT2D eigenvalue weighted by Crippen LogP contribution is -2.38. The van der Waals surface area contributed by atoms with Crippen molar-refractivity contribution in [3.63, 3.8) is 0 Å². The summed E-state index contributed by atoms with van der Waals surface area (Å²) in [6.07, 6.45) is 1.23. The lowest BCUT2D eigenvalue weighted by molar-refractivity contribution is -0.134. The Hall–Kier alpha value is -1.68. The maximum atomic E-state index is 11.9. The van der Waals surface area contributed by atoms with E-state index in [0.717, 1.165) is 0 Å². The van der Waals surface area contributed by atoms with Gasteiger partial charge in [0.25, 0.3) is 0 Å². The molecule has 1 heterocycles. The maximum absolute atomic E-state index is 11.9. The number of piperidine rings is 1. The molecule has 1 amide bonds. The molecule has 1 fully saturated rings. The van der Waals surface area contributed by atoms with Crippen LogP contribution in [0.1, 0.15) is 36.0 Å². The highest BCUT2D eigenvalue weighted by Gasteiger charge is 2.21. The molecule has 0 aromatic heterocycles. The van der Waals surface area contributed by atoms with E-state index >= 15 is 0 Å². The van der Waals surface area contributed by atoms with Crippen LogP contribution in [0.15, 0.2) is 24.3 Å². The maximum Gasteiger partial charge on any atom is 0.223 e. The number of carbonyl (C=O) groups is 3. The van der Waals surface area contributed by atoms with E-state index < -0.39 is 0 Å². The summed E-state index contributed by atoms with van der Waals surface area (Å²) in [7, 11) is 0. The highest BCUT2D eigenvalue weighted by atomic mass is 35.5. The molecule has 106 valence electrons. The third-order valence-corrected chi connectivity index (χ3v) is 3.66. The SMILES string of the molecule is O=C1CCN(C(=O)CCC(=O)c2ccc(Cl)cc2)CC1. The molecule has 0 unspecified atom stereocenters. The normalized spacial score (nSPS) is 15.2. The first-order valence-corrected chi connectivity index (χ1v) is 7.02. The Labute approximate surface area is 122 Å². The standard InChI is InChI=1S/C15H16ClNO3/c16-12-3-1-11(2-4-12)14(19)5-6-15(20)17-9-7-13(18)8-10-17/h1-4H,5-10H2. The Morgan fingerprint density at radius 3 is 2.25 bits per heavy atom. The first kappa shape index (κ1) is 14.7. The van der Waals surface area contributed by atoms with Crippen LogP contribution in [-0.2, 0) is 9.59 Å². The number of Topliss-reactive ketones (excluding diaryl/α,β-unsaturated/α-hetero) is 2. The summed E-state index contributed by atoms with van der Waals surface area (Å²) >= 11 is 5.76. The molecule has 5 heteroatoms. The average molecular weight is 294 g/mol. The number of hydrogen-bond acceptors (Lipinski definition) is 3. The summed E-state index contributed by atoms with van der Waals surface area (Å²) in [4.78, 5) is 36.6. The summed E-state index contributed by atoms with van der Waals surface area (Å²) in [5.74, 6) is 0.0780. The summed E-state index contributed by atoms with van der Waals surface area (Å²) < 4.78 is 0. The molecule has 4 nitrogen and oxygen atoms in total. The Bertz CT molecular complexity index is 514. The first-order chi connectivity index (χ1) is 9.56. The number of carbonyl (C=O) groups excluding carboxylic acids is 3. The van der Waals surface area contributed by atoms with Crippen LogP contribution >= 0.6 is 11.6 Å². The fourth-order valence-electron chi connectivity index (χ4n) is 2.16. The summed E-state index contributed by atoms with van der Waals surface area (Å²) in [6, 6.07) is 6.64. The smallest absolute Gasteiger partial charge is 0.223 e. The molecule has 0 atom stereocenters. The first-order valence-electron chi connectivity index (χ1n) is 6.64. The van der Waals surface area contributed by atoms with Gasteiger partial charge in [0, 0.05) is 49.4 Å². The van der Waals surface area contributed by atoms with Crippen LogP contribution in [0, 0.1) is 0 Å².